The number of aromatic amines is 1. The van der Waals surface area contributed by atoms with Crippen LogP contribution in [-0.4, -0.2) is 139 Å². The van der Waals surface area contributed by atoms with Crippen LogP contribution in [0.25, 0.3) is 0 Å². The van der Waals surface area contributed by atoms with Crippen LogP contribution < -0.4 is 11.1 Å². The SMILES string of the molecule is CC1(CO)CCC2(C(=O)O)CCC3(C)C(=CCC4C5(C)C(CC6C(CO)C(=O)NC6C(CCCN)c6cnc[nH]6)C(O)C(OC6OCC(O)C(O)C6O)C(C)(CO)C5CCC43C)C2C1. The molecule has 5 aliphatic carbocycles. The lowest BCUT2D eigenvalue weighted by molar-refractivity contribution is -0.340. The van der Waals surface area contributed by atoms with E-state index >= 15 is 0 Å². The minimum atomic E-state index is -1.64. The van der Waals surface area contributed by atoms with Gasteiger partial charge in [-0.15, -0.1) is 0 Å². The maximum Gasteiger partial charge on any atom is 0.310 e. The molecule has 0 aromatic carbocycles. The van der Waals surface area contributed by atoms with Gasteiger partial charge in [-0.3, -0.25) is 9.59 Å². The van der Waals surface area contributed by atoms with Crippen molar-refractivity contribution in [3.63, 3.8) is 0 Å². The summed E-state index contributed by atoms with van der Waals surface area (Å²) in [7, 11) is 0. The largest absolute Gasteiger partial charge is 0.481 e. The Hall–Kier alpha value is -2.51. The quantitative estimate of drug-likeness (QED) is 0.100. The summed E-state index contributed by atoms with van der Waals surface area (Å²) in [6, 6.07) is -0.462. The molecular formula is C48H76N4O12. The van der Waals surface area contributed by atoms with Crippen LogP contribution in [0.1, 0.15) is 117 Å². The summed E-state index contributed by atoms with van der Waals surface area (Å²) in [6.45, 7) is 10.2. The lowest BCUT2D eigenvalue weighted by Crippen LogP contribution is -2.72. The van der Waals surface area contributed by atoms with E-state index in [4.69, 9.17) is 15.2 Å². The number of nitrogens with two attached hydrogens (primary N) is 1. The number of nitrogens with zero attached hydrogens (tertiary/aromatic N) is 1. The van der Waals surface area contributed by atoms with Gasteiger partial charge in [-0.1, -0.05) is 46.3 Å². The molecule has 360 valence electrons. The number of imidazole rings is 1. The zero-order valence-corrected chi connectivity index (χ0v) is 38.4. The van der Waals surface area contributed by atoms with Crippen LogP contribution in [0.2, 0.25) is 0 Å². The number of fused-ring (bicyclic) bond motifs is 7. The highest BCUT2D eigenvalue weighted by Gasteiger charge is 2.74. The van der Waals surface area contributed by atoms with Crippen molar-refractivity contribution in [3.05, 3.63) is 29.9 Å². The van der Waals surface area contributed by atoms with Crippen LogP contribution in [0.15, 0.2) is 24.2 Å². The molecular weight excluding hydrogens is 825 g/mol. The first-order valence-corrected chi connectivity index (χ1v) is 24.0. The summed E-state index contributed by atoms with van der Waals surface area (Å²) in [4.78, 5) is 34.9. The summed E-state index contributed by atoms with van der Waals surface area (Å²) >= 11 is 0. The number of aliphatic carboxylic acids is 1. The molecule has 12 N–H and O–H groups in total. The number of carbonyl (C=O) groups excluding carboxylic acids is 1. The van der Waals surface area contributed by atoms with Crippen molar-refractivity contribution in [2.75, 3.05) is 33.0 Å². The van der Waals surface area contributed by atoms with Crippen LogP contribution >= 0.6 is 0 Å². The summed E-state index contributed by atoms with van der Waals surface area (Å²) in [5, 5.41) is 93.0. The summed E-state index contributed by atoms with van der Waals surface area (Å²) in [5.41, 5.74) is 3.99. The predicted molar refractivity (Wildman–Crippen MR) is 233 cm³/mol. The number of rotatable bonds is 13. The maximum absolute atomic E-state index is 14.0. The van der Waals surface area contributed by atoms with Crippen molar-refractivity contribution in [2.45, 2.75) is 154 Å². The Kier molecular flexibility index (Phi) is 12.9. The number of nitrogens with one attached hydrogen (secondary N) is 2. The second-order valence-electron chi connectivity index (χ2n) is 22.7. The van der Waals surface area contributed by atoms with E-state index in [0.717, 1.165) is 17.7 Å². The lowest BCUT2D eigenvalue weighted by Gasteiger charge is -2.73. The van der Waals surface area contributed by atoms with Gasteiger partial charge in [0.05, 0.1) is 49.7 Å². The second-order valence-corrected chi connectivity index (χ2v) is 22.7. The third kappa shape index (κ3) is 7.00. The van der Waals surface area contributed by atoms with Crippen molar-refractivity contribution >= 4 is 11.9 Å². The van der Waals surface area contributed by atoms with E-state index in [-0.39, 0.29) is 55.8 Å². The molecule has 0 spiro atoms. The van der Waals surface area contributed by atoms with Gasteiger partial charge in [-0.2, -0.15) is 0 Å². The highest BCUT2D eigenvalue weighted by Crippen LogP contribution is 2.77. The first-order valence-electron chi connectivity index (χ1n) is 24.0. The molecule has 20 atom stereocenters. The van der Waals surface area contributed by atoms with Crippen molar-refractivity contribution in [2.24, 2.45) is 73.7 Å². The third-order valence-electron chi connectivity index (χ3n) is 19.9. The van der Waals surface area contributed by atoms with Gasteiger partial charge < -0.3 is 66.4 Å². The monoisotopic (exact) mass is 901 g/mol. The highest BCUT2D eigenvalue weighted by molar-refractivity contribution is 5.82. The molecule has 0 radical (unpaired) electrons. The lowest BCUT2D eigenvalue weighted by atomic mass is 9.31. The van der Waals surface area contributed by atoms with Crippen molar-refractivity contribution in [1.82, 2.24) is 15.3 Å². The third-order valence-corrected chi connectivity index (χ3v) is 19.9. The van der Waals surface area contributed by atoms with Gasteiger partial charge in [-0.25, -0.2) is 4.98 Å². The summed E-state index contributed by atoms with van der Waals surface area (Å²) in [6.07, 6.45) is 3.66. The average Bonchev–Trinajstić information content (AvgIpc) is 3.91. The highest BCUT2D eigenvalue weighted by atomic mass is 16.7. The van der Waals surface area contributed by atoms with Crippen molar-refractivity contribution in [1.29, 1.82) is 0 Å². The fourth-order valence-corrected chi connectivity index (χ4v) is 15.9. The number of carboxylic acid groups (broad SMARTS) is 1. The van der Waals surface area contributed by atoms with E-state index in [0.29, 0.717) is 64.3 Å². The number of ether oxygens (including phenoxy) is 2. The molecule has 20 unspecified atom stereocenters. The molecule has 64 heavy (non-hydrogen) atoms. The van der Waals surface area contributed by atoms with Crippen LogP contribution in [0.4, 0.5) is 0 Å². The van der Waals surface area contributed by atoms with Gasteiger partial charge in [0.15, 0.2) is 6.29 Å². The minimum Gasteiger partial charge on any atom is -0.481 e. The molecule has 1 aromatic heterocycles. The van der Waals surface area contributed by atoms with E-state index in [9.17, 15) is 50.4 Å². The number of amides is 1. The summed E-state index contributed by atoms with van der Waals surface area (Å²) < 4.78 is 12.4. The Morgan fingerprint density at radius 1 is 0.984 bits per heavy atom. The van der Waals surface area contributed by atoms with Crippen LogP contribution in [0.5, 0.6) is 0 Å². The predicted octanol–water partition coefficient (Wildman–Crippen LogP) is 2.20. The molecule has 7 aliphatic rings. The molecule has 2 aliphatic heterocycles. The van der Waals surface area contributed by atoms with Gasteiger partial charge in [0.1, 0.15) is 18.3 Å². The van der Waals surface area contributed by atoms with Gasteiger partial charge >= 0.3 is 5.97 Å². The topological polar surface area (TPSA) is 281 Å². The molecule has 2 saturated heterocycles. The standard InChI is InChI=1S/C48H76N4O12/c1-43(22-54)12-14-48(42(61)62)15-13-45(3)28(30(48)18-43)8-9-34-46(45,4)11-10-33-44(2,23-55)39(64-41-38(59)37(58)32(56)21-63-41)36(57)29(47(33,34)5)17-26-27(20-53)40(60)52-35(26)25(7-6-16-49)31-19-50-24-51-31/h8,19,24-27,29-30,32-39,41,53-59H,6-7,9-18,20-23,49H2,1-5H3,(H,50,51)(H,52,60)(H,61,62). The zero-order chi connectivity index (χ0) is 46.4. The second kappa shape index (κ2) is 17.2. The number of hydrogen-bond donors (Lipinski definition) is 11. The first kappa shape index (κ1) is 48.0. The molecule has 4 saturated carbocycles. The number of allylic oxidation sites excluding steroid dienone is 2. The molecule has 16 heteroatoms. The normalized spacial score (nSPS) is 49.4. The van der Waals surface area contributed by atoms with Gasteiger partial charge in [-0.05, 0) is 128 Å². The van der Waals surface area contributed by atoms with Gasteiger partial charge in [0.2, 0.25) is 5.91 Å². The number of carboxylic acids is 1. The van der Waals surface area contributed by atoms with E-state index < -0.39 is 106 Å². The number of aromatic nitrogens is 2. The van der Waals surface area contributed by atoms with Gasteiger partial charge in [0, 0.05) is 35.9 Å². The van der Waals surface area contributed by atoms with Crippen molar-refractivity contribution < 1.29 is 59.9 Å². The first-order chi connectivity index (χ1) is 30.2. The van der Waals surface area contributed by atoms with Crippen molar-refractivity contribution in [3.8, 4) is 0 Å². The molecule has 3 heterocycles. The average molecular weight is 901 g/mol. The Labute approximate surface area is 376 Å². The number of hydrogen-bond acceptors (Lipinski definition) is 13. The van der Waals surface area contributed by atoms with E-state index in [1.807, 2.05) is 6.92 Å². The molecule has 1 amide bonds. The fraction of sp³-hybridized carbons (Fsp3) is 0.854. The number of aliphatic hydroxyl groups excluding tert-OH is 7. The van der Waals surface area contributed by atoms with E-state index in [1.165, 1.54) is 0 Å². The number of H-pyrrole nitrogens is 1. The van der Waals surface area contributed by atoms with E-state index in [1.54, 1.807) is 12.5 Å². The van der Waals surface area contributed by atoms with Crippen LogP contribution in [0, 0.1) is 68.0 Å². The molecule has 16 nitrogen and oxygen atoms in total. The molecule has 8 rings (SSSR count). The fourth-order valence-electron chi connectivity index (χ4n) is 15.9. The molecule has 0 bridgehead atoms. The Morgan fingerprint density at radius 3 is 2.36 bits per heavy atom. The van der Waals surface area contributed by atoms with Crippen LogP contribution in [-0.2, 0) is 19.1 Å². The number of aliphatic hydroxyl groups is 7. The molecule has 1 aromatic rings. The molecule has 6 fully saturated rings. The Bertz CT molecular complexity index is 1900. The number of carbonyl (C=O) groups is 2. The van der Waals surface area contributed by atoms with Gasteiger partial charge in [0.25, 0.3) is 0 Å². The Morgan fingerprint density at radius 2 is 1.72 bits per heavy atom. The zero-order valence-electron chi connectivity index (χ0n) is 38.4. The van der Waals surface area contributed by atoms with E-state index in [2.05, 4.69) is 49.1 Å². The van der Waals surface area contributed by atoms with Crippen LogP contribution in [0.3, 0.4) is 0 Å². The smallest absolute Gasteiger partial charge is 0.310 e. The maximum atomic E-state index is 14.0. The minimum absolute atomic E-state index is 0.0182. The Balaban J connectivity index is 1.26. The summed E-state index contributed by atoms with van der Waals surface area (Å²) in [5.74, 6) is -3.81.